The third kappa shape index (κ3) is 4.20. The van der Waals surface area contributed by atoms with Crippen LogP contribution in [-0.2, 0) is 9.53 Å². The van der Waals surface area contributed by atoms with E-state index in [4.69, 9.17) is 4.74 Å². The average Bonchev–Trinajstić information content (AvgIpc) is 2.32. The number of carbonyl (C=O) groups excluding carboxylic acids is 1. The summed E-state index contributed by atoms with van der Waals surface area (Å²) in [5.74, 6) is 1.01. The first-order chi connectivity index (χ1) is 6.72. The van der Waals surface area contributed by atoms with Crippen molar-refractivity contribution < 1.29 is 9.53 Å². The Hall–Kier alpha value is -0.410. The first kappa shape index (κ1) is 11.7. The van der Waals surface area contributed by atoms with E-state index in [0.717, 1.165) is 19.0 Å². The molecule has 1 aliphatic heterocycles. The molecule has 3 heteroatoms. The van der Waals surface area contributed by atoms with Crippen LogP contribution in [0.2, 0.25) is 0 Å². The molecule has 0 aromatic rings. The highest BCUT2D eigenvalue weighted by Crippen LogP contribution is 2.15. The fourth-order valence-corrected chi connectivity index (χ4v) is 1.94. The lowest BCUT2D eigenvalue weighted by molar-refractivity contribution is -0.123. The summed E-state index contributed by atoms with van der Waals surface area (Å²) in [6.07, 6.45) is 3.75. The standard InChI is InChI=1S/C11H21NO2/c1-10-4-3-6-12(7-5-10)8-11(13)9-14-2/h10H,3-9H2,1-2H3. The number of nitrogens with zero attached hydrogens (tertiary/aromatic N) is 1. The SMILES string of the molecule is COCC(=O)CN1CCCC(C)CC1. The molecule has 0 spiro atoms. The minimum absolute atomic E-state index is 0.196. The van der Waals surface area contributed by atoms with Crippen molar-refractivity contribution in [2.24, 2.45) is 5.92 Å². The Bertz CT molecular complexity index is 182. The number of likely N-dealkylation sites (tertiary alicyclic amines) is 1. The Morgan fingerprint density at radius 1 is 1.43 bits per heavy atom. The van der Waals surface area contributed by atoms with Gasteiger partial charge < -0.3 is 4.74 Å². The highest BCUT2D eigenvalue weighted by Gasteiger charge is 2.15. The highest BCUT2D eigenvalue weighted by molar-refractivity contribution is 5.81. The molecule has 0 aromatic heterocycles. The molecule has 0 amide bonds. The van der Waals surface area contributed by atoms with Crippen LogP contribution in [0.15, 0.2) is 0 Å². The van der Waals surface area contributed by atoms with Gasteiger partial charge in [0.15, 0.2) is 5.78 Å². The van der Waals surface area contributed by atoms with Crippen LogP contribution in [0.5, 0.6) is 0 Å². The third-order valence-electron chi connectivity index (χ3n) is 2.81. The van der Waals surface area contributed by atoms with Crippen molar-refractivity contribution in [3.8, 4) is 0 Å². The molecular formula is C11H21NO2. The van der Waals surface area contributed by atoms with E-state index in [1.165, 1.54) is 19.3 Å². The molecule has 0 radical (unpaired) electrons. The molecule has 82 valence electrons. The van der Waals surface area contributed by atoms with E-state index in [2.05, 4.69) is 11.8 Å². The molecule has 1 fully saturated rings. The summed E-state index contributed by atoms with van der Waals surface area (Å²) < 4.78 is 4.82. The molecule has 1 unspecified atom stereocenters. The molecule has 1 aliphatic rings. The zero-order valence-corrected chi connectivity index (χ0v) is 9.29. The van der Waals surface area contributed by atoms with Gasteiger partial charge in [0.25, 0.3) is 0 Å². The summed E-state index contributed by atoms with van der Waals surface area (Å²) in [6, 6.07) is 0. The zero-order valence-electron chi connectivity index (χ0n) is 9.29. The van der Waals surface area contributed by atoms with Gasteiger partial charge in [-0.2, -0.15) is 0 Å². The number of ketones is 1. The lowest BCUT2D eigenvalue weighted by Gasteiger charge is -2.18. The minimum atomic E-state index is 0.196. The maximum Gasteiger partial charge on any atom is 0.172 e. The van der Waals surface area contributed by atoms with Gasteiger partial charge in [0, 0.05) is 7.11 Å². The van der Waals surface area contributed by atoms with E-state index in [1.807, 2.05) is 0 Å². The predicted octanol–water partition coefficient (Wildman–Crippen LogP) is 1.32. The lowest BCUT2D eigenvalue weighted by Crippen LogP contribution is -2.32. The summed E-state index contributed by atoms with van der Waals surface area (Å²) >= 11 is 0. The number of hydrogen-bond acceptors (Lipinski definition) is 3. The number of carbonyl (C=O) groups is 1. The summed E-state index contributed by atoms with van der Waals surface area (Å²) in [7, 11) is 1.57. The third-order valence-corrected chi connectivity index (χ3v) is 2.81. The van der Waals surface area contributed by atoms with E-state index < -0.39 is 0 Å². The second-order valence-electron chi connectivity index (χ2n) is 4.28. The summed E-state index contributed by atoms with van der Waals surface area (Å²) in [5, 5.41) is 0. The zero-order chi connectivity index (χ0) is 10.4. The van der Waals surface area contributed by atoms with Crippen LogP contribution in [0.1, 0.15) is 26.2 Å². The monoisotopic (exact) mass is 199 g/mol. The van der Waals surface area contributed by atoms with Crippen molar-refractivity contribution in [3.05, 3.63) is 0 Å². The van der Waals surface area contributed by atoms with Gasteiger partial charge >= 0.3 is 0 Å². The number of hydrogen-bond donors (Lipinski definition) is 0. The van der Waals surface area contributed by atoms with Crippen LogP contribution < -0.4 is 0 Å². The van der Waals surface area contributed by atoms with Gasteiger partial charge in [-0.1, -0.05) is 6.92 Å². The van der Waals surface area contributed by atoms with Crippen molar-refractivity contribution in [2.75, 3.05) is 33.4 Å². The molecule has 0 saturated carbocycles. The van der Waals surface area contributed by atoms with Crippen LogP contribution in [0.25, 0.3) is 0 Å². The van der Waals surface area contributed by atoms with Gasteiger partial charge in [-0.3, -0.25) is 9.69 Å². The molecule has 1 rings (SSSR count). The normalized spacial score (nSPS) is 24.6. The smallest absolute Gasteiger partial charge is 0.172 e. The van der Waals surface area contributed by atoms with Gasteiger partial charge in [0.2, 0.25) is 0 Å². The molecule has 1 atom stereocenters. The van der Waals surface area contributed by atoms with Gasteiger partial charge in [-0.15, -0.1) is 0 Å². The van der Waals surface area contributed by atoms with Crippen LogP contribution in [-0.4, -0.2) is 44.0 Å². The maximum absolute atomic E-state index is 11.3. The van der Waals surface area contributed by atoms with E-state index in [-0.39, 0.29) is 12.4 Å². The number of methoxy groups -OCH3 is 1. The van der Waals surface area contributed by atoms with Crippen molar-refractivity contribution in [3.63, 3.8) is 0 Å². The second-order valence-corrected chi connectivity index (χ2v) is 4.28. The average molecular weight is 199 g/mol. The minimum Gasteiger partial charge on any atom is -0.377 e. The Balaban J connectivity index is 2.26. The first-order valence-electron chi connectivity index (χ1n) is 5.45. The Morgan fingerprint density at radius 3 is 2.93 bits per heavy atom. The number of Topliss-reactive ketones (excluding diaryl/α,β-unsaturated/α-hetero) is 1. The topological polar surface area (TPSA) is 29.5 Å². The fraction of sp³-hybridized carbons (Fsp3) is 0.909. The Morgan fingerprint density at radius 2 is 2.21 bits per heavy atom. The van der Waals surface area contributed by atoms with Crippen LogP contribution in [0, 0.1) is 5.92 Å². The van der Waals surface area contributed by atoms with Crippen molar-refractivity contribution in [1.82, 2.24) is 4.90 Å². The predicted molar refractivity (Wildman–Crippen MR) is 56.3 cm³/mol. The van der Waals surface area contributed by atoms with Crippen molar-refractivity contribution in [1.29, 1.82) is 0 Å². The molecule has 1 saturated heterocycles. The molecular weight excluding hydrogens is 178 g/mol. The second kappa shape index (κ2) is 6.14. The van der Waals surface area contributed by atoms with Gasteiger partial charge in [-0.25, -0.2) is 0 Å². The molecule has 3 nitrogen and oxygen atoms in total. The molecule has 0 aliphatic carbocycles. The van der Waals surface area contributed by atoms with Crippen molar-refractivity contribution >= 4 is 5.78 Å². The Labute approximate surface area is 86.4 Å². The quantitative estimate of drug-likeness (QED) is 0.684. The van der Waals surface area contributed by atoms with Crippen LogP contribution in [0.4, 0.5) is 0 Å². The summed E-state index contributed by atoms with van der Waals surface area (Å²) in [5.41, 5.74) is 0. The first-order valence-corrected chi connectivity index (χ1v) is 5.45. The largest absolute Gasteiger partial charge is 0.377 e. The lowest BCUT2D eigenvalue weighted by atomic mass is 10.0. The number of ether oxygens (including phenoxy) is 1. The van der Waals surface area contributed by atoms with Crippen LogP contribution in [0.3, 0.4) is 0 Å². The number of rotatable bonds is 4. The maximum atomic E-state index is 11.3. The molecule has 14 heavy (non-hydrogen) atoms. The van der Waals surface area contributed by atoms with Gasteiger partial charge in [-0.05, 0) is 38.3 Å². The molecule has 0 aromatic carbocycles. The van der Waals surface area contributed by atoms with Crippen molar-refractivity contribution in [2.45, 2.75) is 26.2 Å². The van der Waals surface area contributed by atoms with E-state index in [1.54, 1.807) is 7.11 Å². The van der Waals surface area contributed by atoms with Crippen LogP contribution >= 0.6 is 0 Å². The highest BCUT2D eigenvalue weighted by atomic mass is 16.5. The summed E-state index contributed by atoms with van der Waals surface area (Å²) in [4.78, 5) is 13.6. The summed E-state index contributed by atoms with van der Waals surface area (Å²) in [6.45, 7) is 5.25. The molecule has 0 bridgehead atoms. The fourth-order valence-electron chi connectivity index (χ4n) is 1.94. The van der Waals surface area contributed by atoms with E-state index >= 15 is 0 Å². The van der Waals surface area contributed by atoms with Gasteiger partial charge in [0.1, 0.15) is 6.61 Å². The van der Waals surface area contributed by atoms with E-state index in [0.29, 0.717) is 6.54 Å². The van der Waals surface area contributed by atoms with Gasteiger partial charge in [0.05, 0.1) is 6.54 Å². The van der Waals surface area contributed by atoms with E-state index in [9.17, 15) is 4.79 Å². The Kier molecular flexibility index (Phi) is 5.12. The molecule has 1 heterocycles. The molecule has 0 N–H and O–H groups in total.